The Morgan fingerprint density at radius 2 is 2.22 bits per heavy atom. The molecule has 0 bridgehead atoms. The molecule has 1 heterocycles. The van der Waals surface area contributed by atoms with Crippen molar-refractivity contribution < 1.29 is 9.53 Å². The number of hydrogen-bond donors (Lipinski definition) is 0. The molecule has 0 saturated carbocycles. The first kappa shape index (κ1) is 12.2. The minimum atomic E-state index is -0.387. The Hall–Kier alpha value is -2.28. The second-order valence-corrected chi connectivity index (χ2v) is 4.06. The molecule has 0 aliphatic carbocycles. The third-order valence-electron chi connectivity index (χ3n) is 2.77. The van der Waals surface area contributed by atoms with E-state index in [1.54, 1.807) is 17.6 Å². The van der Waals surface area contributed by atoms with E-state index in [9.17, 15) is 4.79 Å². The Morgan fingerprint density at radius 1 is 1.44 bits per heavy atom. The van der Waals surface area contributed by atoms with Gasteiger partial charge in [-0.3, -0.25) is 0 Å². The molecular formula is C14H14N2O2. The lowest BCUT2D eigenvalue weighted by atomic mass is 10.2. The highest BCUT2D eigenvalue weighted by Crippen LogP contribution is 2.22. The van der Waals surface area contributed by atoms with Crippen LogP contribution >= 0.6 is 0 Å². The molecule has 0 amide bonds. The summed E-state index contributed by atoms with van der Waals surface area (Å²) in [6, 6.07) is 9.74. The molecule has 0 fully saturated rings. The fourth-order valence-corrected chi connectivity index (χ4v) is 1.98. The van der Waals surface area contributed by atoms with E-state index in [2.05, 4.69) is 6.07 Å². The summed E-state index contributed by atoms with van der Waals surface area (Å²) in [7, 11) is 0. The lowest BCUT2D eigenvalue weighted by molar-refractivity contribution is 0.0515. The van der Waals surface area contributed by atoms with Gasteiger partial charge in [0, 0.05) is 10.9 Å². The summed E-state index contributed by atoms with van der Waals surface area (Å²) < 4.78 is 6.70. The molecule has 4 heteroatoms. The van der Waals surface area contributed by atoms with Gasteiger partial charge >= 0.3 is 5.97 Å². The molecule has 0 unspecified atom stereocenters. The summed E-state index contributed by atoms with van der Waals surface area (Å²) in [5, 5.41) is 9.82. The topological polar surface area (TPSA) is 55.0 Å². The Morgan fingerprint density at radius 3 is 2.89 bits per heavy atom. The number of carbonyl (C=O) groups is 1. The smallest absolute Gasteiger partial charge is 0.355 e. The highest BCUT2D eigenvalue weighted by Gasteiger charge is 2.16. The number of ether oxygens (including phenoxy) is 1. The van der Waals surface area contributed by atoms with Crippen LogP contribution in [0.15, 0.2) is 24.3 Å². The van der Waals surface area contributed by atoms with Crippen molar-refractivity contribution >= 4 is 16.9 Å². The predicted molar refractivity (Wildman–Crippen MR) is 68.2 cm³/mol. The number of carbonyl (C=O) groups excluding carboxylic acids is 1. The van der Waals surface area contributed by atoms with Crippen LogP contribution in [-0.2, 0) is 11.3 Å². The molecule has 0 N–H and O–H groups in total. The molecule has 2 aromatic rings. The first-order valence-electron chi connectivity index (χ1n) is 5.81. The summed E-state index contributed by atoms with van der Waals surface area (Å²) >= 11 is 0. The number of rotatable bonds is 3. The standard InChI is InChI=1S/C14H14N2O2/c1-3-18-14(17)13-9-11-5-4-10(2)8-12(11)16(13)7-6-15/h4-5,8-9H,3,7H2,1-2H3. The summed E-state index contributed by atoms with van der Waals surface area (Å²) in [5.74, 6) is -0.387. The Labute approximate surface area is 105 Å². The summed E-state index contributed by atoms with van der Waals surface area (Å²) in [6.07, 6.45) is 0. The van der Waals surface area contributed by atoms with Crippen LogP contribution in [0.3, 0.4) is 0 Å². The van der Waals surface area contributed by atoms with Gasteiger partial charge in [0.25, 0.3) is 0 Å². The van der Waals surface area contributed by atoms with E-state index in [0.717, 1.165) is 16.5 Å². The van der Waals surface area contributed by atoms with E-state index in [4.69, 9.17) is 10.00 Å². The molecule has 92 valence electrons. The summed E-state index contributed by atoms with van der Waals surface area (Å²) in [4.78, 5) is 11.8. The molecule has 2 rings (SSSR count). The third-order valence-corrected chi connectivity index (χ3v) is 2.77. The van der Waals surface area contributed by atoms with Crippen molar-refractivity contribution in [1.29, 1.82) is 5.26 Å². The Balaban J connectivity index is 2.62. The predicted octanol–water partition coefficient (Wildman–Crippen LogP) is 2.65. The molecule has 0 spiro atoms. The Bertz CT molecular complexity index is 635. The third kappa shape index (κ3) is 2.07. The van der Waals surface area contributed by atoms with Gasteiger partial charge in [-0.2, -0.15) is 5.26 Å². The van der Waals surface area contributed by atoms with E-state index in [1.807, 2.05) is 25.1 Å². The van der Waals surface area contributed by atoms with E-state index >= 15 is 0 Å². The summed E-state index contributed by atoms with van der Waals surface area (Å²) in [6.45, 7) is 4.21. The highest BCUT2D eigenvalue weighted by molar-refractivity contribution is 5.95. The second kappa shape index (κ2) is 4.92. The van der Waals surface area contributed by atoms with Crippen LogP contribution in [0.25, 0.3) is 10.9 Å². The van der Waals surface area contributed by atoms with Crippen molar-refractivity contribution in [2.45, 2.75) is 20.4 Å². The minimum absolute atomic E-state index is 0.140. The number of hydrogen-bond acceptors (Lipinski definition) is 3. The van der Waals surface area contributed by atoms with Crippen LogP contribution < -0.4 is 0 Å². The maximum atomic E-state index is 11.8. The highest BCUT2D eigenvalue weighted by atomic mass is 16.5. The van der Waals surface area contributed by atoms with Gasteiger partial charge < -0.3 is 9.30 Å². The molecular weight excluding hydrogens is 228 g/mol. The Kier molecular flexibility index (Phi) is 3.33. The van der Waals surface area contributed by atoms with Crippen molar-refractivity contribution in [3.05, 3.63) is 35.5 Å². The molecule has 1 aromatic heterocycles. The number of nitriles is 1. The SMILES string of the molecule is CCOC(=O)c1cc2ccc(C)cc2n1CC#N. The monoisotopic (exact) mass is 242 g/mol. The number of aromatic nitrogens is 1. The van der Waals surface area contributed by atoms with Crippen molar-refractivity contribution in [3.8, 4) is 6.07 Å². The maximum Gasteiger partial charge on any atom is 0.355 e. The quantitative estimate of drug-likeness (QED) is 0.777. The van der Waals surface area contributed by atoms with Crippen molar-refractivity contribution in [1.82, 2.24) is 4.57 Å². The normalized spacial score (nSPS) is 10.3. The number of fused-ring (bicyclic) bond motifs is 1. The van der Waals surface area contributed by atoms with E-state index < -0.39 is 0 Å². The average molecular weight is 242 g/mol. The van der Waals surface area contributed by atoms with Crippen LogP contribution in [0.1, 0.15) is 23.0 Å². The fourth-order valence-electron chi connectivity index (χ4n) is 1.98. The van der Waals surface area contributed by atoms with Crippen LogP contribution in [-0.4, -0.2) is 17.1 Å². The molecule has 0 saturated heterocycles. The van der Waals surface area contributed by atoms with Crippen LogP contribution in [0.2, 0.25) is 0 Å². The number of nitrogens with zero attached hydrogens (tertiary/aromatic N) is 2. The first-order chi connectivity index (χ1) is 8.67. The molecule has 1 aromatic carbocycles. The van der Waals surface area contributed by atoms with Crippen LogP contribution in [0.5, 0.6) is 0 Å². The first-order valence-corrected chi connectivity index (χ1v) is 5.81. The zero-order chi connectivity index (χ0) is 13.1. The number of aryl methyl sites for hydroxylation is 1. The van der Waals surface area contributed by atoms with Gasteiger partial charge in [-0.1, -0.05) is 12.1 Å². The van der Waals surface area contributed by atoms with E-state index in [1.165, 1.54) is 0 Å². The molecule has 0 atom stereocenters. The van der Waals surface area contributed by atoms with Gasteiger partial charge in [-0.05, 0) is 31.5 Å². The van der Waals surface area contributed by atoms with Gasteiger partial charge in [0.1, 0.15) is 12.2 Å². The fraction of sp³-hybridized carbons (Fsp3) is 0.286. The number of esters is 1. The van der Waals surface area contributed by atoms with Gasteiger partial charge in [-0.15, -0.1) is 0 Å². The second-order valence-electron chi connectivity index (χ2n) is 4.06. The lowest BCUT2D eigenvalue weighted by Crippen LogP contribution is -2.11. The van der Waals surface area contributed by atoms with Crippen molar-refractivity contribution in [2.24, 2.45) is 0 Å². The number of benzene rings is 1. The van der Waals surface area contributed by atoms with Crippen molar-refractivity contribution in [3.63, 3.8) is 0 Å². The molecule has 4 nitrogen and oxygen atoms in total. The largest absolute Gasteiger partial charge is 0.461 e. The van der Waals surface area contributed by atoms with E-state index in [-0.39, 0.29) is 12.5 Å². The van der Waals surface area contributed by atoms with Crippen LogP contribution in [0, 0.1) is 18.3 Å². The minimum Gasteiger partial charge on any atom is -0.461 e. The van der Waals surface area contributed by atoms with E-state index in [0.29, 0.717) is 12.3 Å². The van der Waals surface area contributed by atoms with Crippen molar-refractivity contribution in [2.75, 3.05) is 6.61 Å². The van der Waals surface area contributed by atoms with Gasteiger partial charge in [0.2, 0.25) is 0 Å². The molecule has 0 aliphatic rings. The molecule has 0 aliphatic heterocycles. The van der Waals surface area contributed by atoms with Gasteiger partial charge in [0.15, 0.2) is 0 Å². The zero-order valence-electron chi connectivity index (χ0n) is 10.4. The molecule has 0 radical (unpaired) electrons. The molecule has 18 heavy (non-hydrogen) atoms. The maximum absolute atomic E-state index is 11.8. The lowest BCUT2D eigenvalue weighted by Gasteiger charge is -2.06. The average Bonchev–Trinajstić information content (AvgIpc) is 2.69. The van der Waals surface area contributed by atoms with Gasteiger partial charge in [-0.25, -0.2) is 4.79 Å². The van der Waals surface area contributed by atoms with Gasteiger partial charge in [0.05, 0.1) is 12.7 Å². The summed E-state index contributed by atoms with van der Waals surface area (Å²) in [5.41, 5.74) is 2.41. The van der Waals surface area contributed by atoms with Crippen LogP contribution in [0.4, 0.5) is 0 Å². The zero-order valence-corrected chi connectivity index (χ0v) is 10.4.